The van der Waals surface area contributed by atoms with Crippen molar-refractivity contribution in [2.75, 3.05) is 49.5 Å². The fraction of sp³-hybridized carbons (Fsp3) is 0.444. The Morgan fingerprint density at radius 1 is 0.944 bits per heavy atom. The summed E-state index contributed by atoms with van der Waals surface area (Å²) < 4.78 is 0. The Kier molecular flexibility index (Phi) is 9.20. The molecular formula is C27H36ClN5O3. The number of nitrogens with zero attached hydrogens (tertiary/aromatic N) is 3. The molecule has 0 radical (unpaired) electrons. The number of amides is 4. The van der Waals surface area contributed by atoms with Crippen molar-refractivity contribution in [1.29, 1.82) is 0 Å². The molecule has 1 aliphatic rings. The predicted molar refractivity (Wildman–Crippen MR) is 145 cm³/mol. The predicted octanol–water partition coefficient (Wildman–Crippen LogP) is 4.46. The Balaban J connectivity index is 1.53. The minimum Gasteiger partial charge on any atom is -0.368 e. The van der Waals surface area contributed by atoms with Gasteiger partial charge in [-0.2, -0.15) is 0 Å². The van der Waals surface area contributed by atoms with E-state index in [2.05, 4.69) is 15.5 Å². The van der Waals surface area contributed by atoms with Crippen LogP contribution in [0, 0.1) is 0 Å². The zero-order valence-corrected chi connectivity index (χ0v) is 22.3. The van der Waals surface area contributed by atoms with Crippen LogP contribution in [0.2, 0.25) is 5.02 Å². The van der Waals surface area contributed by atoms with Crippen LogP contribution in [-0.4, -0.2) is 72.5 Å². The van der Waals surface area contributed by atoms with Gasteiger partial charge in [0.1, 0.15) is 6.54 Å². The van der Waals surface area contributed by atoms with E-state index in [1.54, 1.807) is 29.2 Å². The van der Waals surface area contributed by atoms with Crippen molar-refractivity contribution in [3.63, 3.8) is 0 Å². The van der Waals surface area contributed by atoms with Gasteiger partial charge in [0.15, 0.2) is 0 Å². The van der Waals surface area contributed by atoms with E-state index in [9.17, 15) is 14.4 Å². The molecule has 1 saturated heterocycles. The van der Waals surface area contributed by atoms with Crippen LogP contribution in [-0.2, 0) is 4.79 Å². The molecule has 36 heavy (non-hydrogen) atoms. The third-order valence-corrected chi connectivity index (χ3v) is 6.02. The molecule has 0 saturated carbocycles. The van der Waals surface area contributed by atoms with E-state index in [4.69, 9.17) is 11.6 Å². The molecule has 0 bridgehead atoms. The van der Waals surface area contributed by atoms with Gasteiger partial charge in [0, 0.05) is 60.2 Å². The van der Waals surface area contributed by atoms with Gasteiger partial charge < -0.3 is 25.3 Å². The van der Waals surface area contributed by atoms with Gasteiger partial charge in [-0.25, -0.2) is 4.79 Å². The first-order valence-corrected chi connectivity index (χ1v) is 12.7. The smallest absolute Gasteiger partial charge is 0.317 e. The van der Waals surface area contributed by atoms with Gasteiger partial charge >= 0.3 is 6.03 Å². The van der Waals surface area contributed by atoms with E-state index >= 15 is 0 Å². The summed E-state index contributed by atoms with van der Waals surface area (Å²) in [7, 11) is 0. The summed E-state index contributed by atoms with van der Waals surface area (Å²) >= 11 is 5.92. The second-order valence-corrected chi connectivity index (χ2v) is 10.4. The van der Waals surface area contributed by atoms with E-state index < -0.39 is 0 Å². The minimum atomic E-state index is -0.259. The Hall–Kier alpha value is -3.26. The second-order valence-electron chi connectivity index (χ2n) is 9.98. The number of hydrogen-bond donors (Lipinski definition) is 2. The van der Waals surface area contributed by atoms with Crippen LogP contribution in [0.15, 0.2) is 48.5 Å². The summed E-state index contributed by atoms with van der Waals surface area (Å²) in [5.74, 6) is -0.452. The van der Waals surface area contributed by atoms with Crippen molar-refractivity contribution in [3.8, 4) is 0 Å². The van der Waals surface area contributed by atoms with Crippen LogP contribution in [0.1, 0.15) is 44.5 Å². The van der Waals surface area contributed by atoms with Crippen molar-refractivity contribution in [2.45, 2.75) is 39.7 Å². The molecule has 3 rings (SSSR count). The average Bonchev–Trinajstić information content (AvgIpc) is 2.83. The van der Waals surface area contributed by atoms with Crippen molar-refractivity contribution in [1.82, 2.24) is 15.1 Å². The first kappa shape index (κ1) is 27.3. The van der Waals surface area contributed by atoms with Gasteiger partial charge in [-0.15, -0.1) is 0 Å². The number of benzene rings is 2. The highest BCUT2D eigenvalue weighted by atomic mass is 35.5. The molecule has 0 aromatic heterocycles. The first-order valence-electron chi connectivity index (χ1n) is 12.3. The summed E-state index contributed by atoms with van der Waals surface area (Å²) in [5, 5.41) is 6.45. The Labute approximate surface area is 218 Å². The molecule has 0 spiro atoms. The number of anilines is 2. The third-order valence-electron chi connectivity index (χ3n) is 5.77. The molecule has 4 amide bonds. The number of hydrogen-bond acceptors (Lipinski definition) is 4. The molecule has 8 nitrogen and oxygen atoms in total. The maximum absolute atomic E-state index is 12.9. The lowest BCUT2D eigenvalue weighted by molar-refractivity contribution is -0.116. The van der Waals surface area contributed by atoms with Crippen molar-refractivity contribution >= 4 is 40.8 Å². The Bertz CT molecular complexity index is 1040. The molecule has 1 aliphatic heterocycles. The fourth-order valence-electron chi connectivity index (χ4n) is 3.99. The van der Waals surface area contributed by atoms with Gasteiger partial charge in [0.2, 0.25) is 5.91 Å². The van der Waals surface area contributed by atoms with Crippen LogP contribution >= 0.6 is 11.6 Å². The maximum atomic E-state index is 12.9. The van der Waals surface area contributed by atoms with Crippen LogP contribution < -0.4 is 15.5 Å². The van der Waals surface area contributed by atoms with Gasteiger partial charge in [0.25, 0.3) is 5.91 Å². The van der Waals surface area contributed by atoms with E-state index in [1.165, 1.54) is 0 Å². The van der Waals surface area contributed by atoms with Gasteiger partial charge in [-0.05, 0) is 75.7 Å². The highest BCUT2D eigenvalue weighted by molar-refractivity contribution is 6.30. The number of nitrogens with one attached hydrogen (secondary N) is 2. The summed E-state index contributed by atoms with van der Waals surface area (Å²) in [4.78, 5) is 43.5. The highest BCUT2D eigenvalue weighted by Gasteiger charge is 2.24. The van der Waals surface area contributed by atoms with E-state index in [1.807, 2.05) is 56.9 Å². The maximum Gasteiger partial charge on any atom is 0.317 e. The monoisotopic (exact) mass is 513 g/mol. The van der Waals surface area contributed by atoms with Gasteiger partial charge in [0.05, 0.1) is 0 Å². The molecule has 0 atom stereocenters. The number of carbonyl (C=O) groups excluding carboxylic acids is 3. The van der Waals surface area contributed by atoms with E-state index in [0.717, 1.165) is 25.2 Å². The van der Waals surface area contributed by atoms with Crippen molar-refractivity contribution in [2.24, 2.45) is 0 Å². The number of carbonyl (C=O) groups is 3. The van der Waals surface area contributed by atoms with Crippen LogP contribution in [0.4, 0.5) is 16.2 Å². The molecule has 1 heterocycles. The normalized spacial score (nSPS) is 13.8. The number of urea groups is 1. The van der Waals surface area contributed by atoms with E-state index in [-0.39, 0.29) is 29.9 Å². The lowest BCUT2D eigenvalue weighted by Gasteiger charge is -2.37. The zero-order chi connectivity index (χ0) is 26.3. The third kappa shape index (κ3) is 7.88. The largest absolute Gasteiger partial charge is 0.368 e. The molecule has 2 aromatic rings. The SMILES string of the molecule is CCCN(CC(=O)Nc1ccc(N2CCN(C(=O)NC(C)(C)C)CC2)cc1)C(=O)c1ccc(Cl)cc1. The highest BCUT2D eigenvalue weighted by Crippen LogP contribution is 2.20. The molecule has 1 fully saturated rings. The zero-order valence-electron chi connectivity index (χ0n) is 21.5. The van der Waals surface area contributed by atoms with Crippen LogP contribution in [0.3, 0.4) is 0 Å². The van der Waals surface area contributed by atoms with Crippen LogP contribution in [0.25, 0.3) is 0 Å². The second kappa shape index (κ2) is 12.1. The number of piperazine rings is 1. The molecule has 0 aliphatic carbocycles. The Morgan fingerprint density at radius 3 is 2.11 bits per heavy atom. The lowest BCUT2D eigenvalue weighted by Crippen LogP contribution is -2.55. The number of rotatable bonds is 7. The summed E-state index contributed by atoms with van der Waals surface area (Å²) in [6.45, 7) is 11.1. The van der Waals surface area contributed by atoms with Crippen LogP contribution in [0.5, 0.6) is 0 Å². The Morgan fingerprint density at radius 2 is 1.56 bits per heavy atom. The molecule has 2 N–H and O–H groups in total. The molecule has 9 heteroatoms. The van der Waals surface area contributed by atoms with E-state index in [0.29, 0.717) is 35.9 Å². The molecule has 2 aromatic carbocycles. The van der Waals surface area contributed by atoms with Gasteiger partial charge in [-0.1, -0.05) is 18.5 Å². The summed E-state index contributed by atoms with van der Waals surface area (Å²) in [6, 6.07) is 14.3. The minimum absolute atomic E-state index is 0.0321. The molecule has 194 valence electrons. The molecular weight excluding hydrogens is 478 g/mol. The lowest BCUT2D eigenvalue weighted by atomic mass is 10.1. The summed E-state index contributed by atoms with van der Waals surface area (Å²) in [5.41, 5.74) is 1.95. The quantitative estimate of drug-likeness (QED) is 0.572. The van der Waals surface area contributed by atoms with Crippen molar-refractivity contribution in [3.05, 3.63) is 59.1 Å². The standard InChI is InChI=1S/C27H36ClN5O3/c1-5-14-33(25(35)20-6-8-21(28)9-7-20)19-24(34)29-22-10-12-23(13-11-22)31-15-17-32(18-16-31)26(36)30-27(2,3)4/h6-13H,5,14-19H2,1-4H3,(H,29,34)(H,30,36). The average molecular weight is 514 g/mol. The van der Waals surface area contributed by atoms with Gasteiger partial charge in [-0.3, -0.25) is 9.59 Å². The number of halogens is 1. The fourth-order valence-corrected chi connectivity index (χ4v) is 4.12. The summed E-state index contributed by atoms with van der Waals surface area (Å²) in [6.07, 6.45) is 0.742. The topological polar surface area (TPSA) is 85.0 Å². The first-order chi connectivity index (χ1) is 17.1. The molecule has 0 unspecified atom stereocenters. The van der Waals surface area contributed by atoms with Crippen molar-refractivity contribution < 1.29 is 14.4 Å².